The number of amides is 1. The van der Waals surface area contributed by atoms with Gasteiger partial charge in [-0.1, -0.05) is 65.3 Å². The molecule has 11 heteroatoms. The standard InChI is InChI=1S/C22H19Cl2N5O2S2/c1-2-31-28-21(30)18-12-32-20(25-18)13-33-22-27-26-19(10-14-6-4-3-5-7-14)29(22)15-8-9-16(23)17(24)11-15/h3-9,11-12H,2,10,13H2,1H3,(H,28,30). The van der Waals surface area contributed by atoms with Crippen LogP contribution >= 0.6 is 46.3 Å². The second-order valence-electron chi connectivity index (χ2n) is 6.77. The first-order valence-corrected chi connectivity index (χ1v) is 12.6. The van der Waals surface area contributed by atoms with Crippen LogP contribution in [0, 0.1) is 0 Å². The van der Waals surface area contributed by atoms with E-state index in [0.717, 1.165) is 22.1 Å². The first-order chi connectivity index (χ1) is 16.0. The molecule has 0 saturated heterocycles. The molecule has 1 amide bonds. The highest BCUT2D eigenvalue weighted by Gasteiger charge is 2.17. The van der Waals surface area contributed by atoms with E-state index in [-0.39, 0.29) is 5.91 Å². The summed E-state index contributed by atoms with van der Waals surface area (Å²) < 4.78 is 1.97. The van der Waals surface area contributed by atoms with E-state index in [2.05, 4.69) is 20.7 Å². The molecule has 0 bridgehead atoms. The number of benzene rings is 2. The molecule has 2 heterocycles. The number of halogens is 2. The molecule has 2 aromatic heterocycles. The molecule has 4 aromatic rings. The van der Waals surface area contributed by atoms with Gasteiger partial charge in [0.2, 0.25) is 0 Å². The Morgan fingerprint density at radius 1 is 1.15 bits per heavy atom. The van der Waals surface area contributed by atoms with Crippen molar-refractivity contribution in [2.75, 3.05) is 6.61 Å². The number of carbonyl (C=O) groups excluding carboxylic acids is 1. The van der Waals surface area contributed by atoms with Crippen LogP contribution in [0.25, 0.3) is 5.69 Å². The van der Waals surface area contributed by atoms with Gasteiger partial charge >= 0.3 is 0 Å². The van der Waals surface area contributed by atoms with Gasteiger partial charge in [-0.2, -0.15) is 0 Å². The van der Waals surface area contributed by atoms with Crippen LogP contribution in [0.1, 0.15) is 33.8 Å². The second kappa shape index (κ2) is 11.1. The molecule has 0 aliphatic rings. The SMILES string of the molecule is CCONC(=O)c1csc(CSc2nnc(Cc3ccccc3)n2-c2ccc(Cl)c(Cl)c2)n1. The van der Waals surface area contributed by atoms with E-state index >= 15 is 0 Å². The monoisotopic (exact) mass is 519 g/mol. The zero-order valence-corrected chi connectivity index (χ0v) is 20.6. The van der Waals surface area contributed by atoms with Crippen LogP contribution in [-0.2, 0) is 17.0 Å². The van der Waals surface area contributed by atoms with Crippen molar-refractivity contribution in [3.05, 3.63) is 86.0 Å². The van der Waals surface area contributed by atoms with Crippen LogP contribution in [-0.4, -0.2) is 32.3 Å². The first kappa shape index (κ1) is 23.7. The van der Waals surface area contributed by atoms with E-state index in [1.165, 1.54) is 23.1 Å². The molecule has 4 rings (SSSR count). The Bertz CT molecular complexity index is 1250. The lowest BCUT2D eigenvalue weighted by atomic mass is 10.1. The number of hydrogen-bond acceptors (Lipinski definition) is 7. The molecule has 0 atom stereocenters. The van der Waals surface area contributed by atoms with Crippen LogP contribution < -0.4 is 5.48 Å². The predicted molar refractivity (Wildman–Crippen MR) is 131 cm³/mol. The summed E-state index contributed by atoms with van der Waals surface area (Å²) >= 11 is 15.3. The van der Waals surface area contributed by atoms with E-state index in [1.54, 1.807) is 24.4 Å². The number of thiazole rings is 1. The largest absolute Gasteiger partial charge is 0.294 e. The normalized spacial score (nSPS) is 11.0. The number of aromatic nitrogens is 4. The molecule has 33 heavy (non-hydrogen) atoms. The van der Waals surface area contributed by atoms with Gasteiger partial charge in [0.15, 0.2) is 5.16 Å². The minimum atomic E-state index is -0.367. The Kier molecular flexibility index (Phi) is 8.00. The summed E-state index contributed by atoms with van der Waals surface area (Å²) in [5.74, 6) is 0.934. The predicted octanol–water partition coefficient (Wildman–Crippen LogP) is 5.60. The zero-order chi connectivity index (χ0) is 23.2. The van der Waals surface area contributed by atoms with E-state index in [0.29, 0.717) is 39.7 Å². The zero-order valence-electron chi connectivity index (χ0n) is 17.5. The number of nitrogens with one attached hydrogen (secondary N) is 1. The fourth-order valence-corrected chi connectivity index (χ4v) is 5.02. The molecule has 0 aliphatic carbocycles. The number of hydroxylamine groups is 1. The van der Waals surface area contributed by atoms with Crippen molar-refractivity contribution >= 4 is 52.2 Å². The third-order valence-corrected chi connectivity index (χ3v) is 7.20. The summed E-state index contributed by atoms with van der Waals surface area (Å²) in [6.45, 7) is 2.17. The number of hydrogen-bond donors (Lipinski definition) is 1. The molecule has 0 saturated carbocycles. The Morgan fingerprint density at radius 3 is 2.73 bits per heavy atom. The summed E-state index contributed by atoms with van der Waals surface area (Å²) in [7, 11) is 0. The Balaban J connectivity index is 1.58. The molecular formula is C22H19Cl2N5O2S2. The summed E-state index contributed by atoms with van der Waals surface area (Å²) in [6.07, 6.45) is 0.605. The number of carbonyl (C=O) groups is 1. The Hall–Kier alpha value is -2.43. The molecular weight excluding hydrogens is 501 g/mol. The van der Waals surface area contributed by atoms with E-state index in [1.807, 2.05) is 41.0 Å². The fraction of sp³-hybridized carbons (Fsp3) is 0.182. The van der Waals surface area contributed by atoms with Crippen molar-refractivity contribution in [3.63, 3.8) is 0 Å². The lowest BCUT2D eigenvalue weighted by Gasteiger charge is -2.11. The highest BCUT2D eigenvalue weighted by Crippen LogP contribution is 2.30. The lowest BCUT2D eigenvalue weighted by molar-refractivity contribution is 0.0360. The van der Waals surface area contributed by atoms with Crippen LogP contribution in [0.4, 0.5) is 0 Å². The molecule has 1 N–H and O–H groups in total. The van der Waals surface area contributed by atoms with Gasteiger partial charge < -0.3 is 0 Å². The summed E-state index contributed by atoms with van der Waals surface area (Å²) in [5.41, 5.74) is 4.61. The van der Waals surface area contributed by atoms with Crippen LogP contribution in [0.5, 0.6) is 0 Å². The van der Waals surface area contributed by atoms with Crippen molar-refractivity contribution in [1.29, 1.82) is 0 Å². The van der Waals surface area contributed by atoms with Gasteiger partial charge in [-0.05, 0) is 30.7 Å². The topological polar surface area (TPSA) is 81.9 Å². The molecule has 170 valence electrons. The molecule has 2 aromatic carbocycles. The van der Waals surface area contributed by atoms with Crippen LogP contribution in [0.3, 0.4) is 0 Å². The number of nitrogens with zero attached hydrogens (tertiary/aromatic N) is 4. The molecule has 0 radical (unpaired) electrons. The third-order valence-electron chi connectivity index (χ3n) is 4.49. The molecule has 0 fully saturated rings. The maximum atomic E-state index is 12.0. The number of rotatable bonds is 9. The van der Waals surface area contributed by atoms with Crippen molar-refractivity contribution < 1.29 is 9.63 Å². The minimum absolute atomic E-state index is 0.319. The van der Waals surface area contributed by atoms with Gasteiger partial charge in [0.25, 0.3) is 5.91 Å². The Labute approximate surface area is 209 Å². The molecule has 7 nitrogen and oxygen atoms in total. The quantitative estimate of drug-likeness (QED) is 0.229. The van der Waals surface area contributed by atoms with E-state index in [9.17, 15) is 4.79 Å². The van der Waals surface area contributed by atoms with Crippen LogP contribution in [0.15, 0.2) is 59.1 Å². The highest BCUT2D eigenvalue weighted by atomic mass is 35.5. The summed E-state index contributed by atoms with van der Waals surface area (Å²) in [4.78, 5) is 21.3. The van der Waals surface area contributed by atoms with Crippen molar-refractivity contribution in [3.8, 4) is 5.69 Å². The average molecular weight is 520 g/mol. The van der Waals surface area contributed by atoms with Gasteiger partial charge in [0.05, 0.1) is 28.1 Å². The van der Waals surface area contributed by atoms with Crippen molar-refractivity contribution in [2.24, 2.45) is 0 Å². The van der Waals surface area contributed by atoms with Gasteiger partial charge in [0, 0.05) is 11.8 Å². The maximum absolute atomic E-state index is 12.0. The minimum Gasteiger partial charge on any atom is -0.274 e. The maximum Gasteiger partial charge on any atom is 0.294 e. The lowest BCUT2D eigenvalue weighted by Crippen LogP contribution is -2.23. The molecule has 0 unspecified atom stereocenters. The van der Waals surface area contributed by atoms with Gasteiger partial charge in [-0.25, -0.2) is 10.5 Å². The van der Waals surface area contributed by atoms with Gasteiger partial charge in [0.1, 0.15) is 16.5 Å². The second-order valence-corrected chi connectivity index (χ2v) is 9.47. The van der Waals surface area contributed by atoms with Crippen LogP contribution in [0.2, 0.25) is 10.0 Å². The average Bonchev–Trinajstić information content (AvgIpc) is 3.46. The van der Waals surface area contributed by atoms with Crippen molar-refractivity contribution in [2.45, 2.75) is 24.3 Å². The first-order valence-electron chi connectivity index (χ1n) is 9.98. The van der Waals surface area contributed by atoms with E-state index < -0.39 is 0 Å². The third kappa shape index (κ3) is 5.93. The fourth-order valence-electron chi connectivity index (χ4n) is 2.97. The summed E-state index contributed by atoms with van der Waals surface area (Å²) in [5, 5.41) is 13.0. The van der Waals surface area contributed by atoms with E-state index in [4.69, 9.17) is 28.0 Å². The highest BCUT2D eigenvalue weighted by molar-refractivity contribution is 7.98. The Morgan fingerprint density at radius 2 is 1.97 bits per heavy atom. The van der Waals surface area contributed by atoms with Gasteiger partial charge in [-0.15, -0.1) is 21.5 Å². The summed E-state index contributed by atoms with van der Waals surface area (Å²) in [6, 6.07) is 15.5. The number of thioether (sulfide) groups is 1. The molecule has 0 aliphatic heterocycles. The van der Waals surface area contributed by atoms with Crippen molar-refractivity contribution in [1.82, 2.24) is 25.2 Å². The smallest absolute Gasteiger partial charge is 0.274 e. The molecule has 0 spiro atoms. The van der Waals surface area contributed by atoms with Gasteiger partial charge in [-0.3, -0.25) is 14.2 Å².